The molecule has 4 nitrogen and oxygen atoms in total. The van der Waals surface area contributed by atoms with Crippen LogP contribution in [-0.2, 0) is 28.3 Å². The Hall–Kier alpha value is -2.05. The highest BCUT2D eigenvalue weighted by atomic mass is 32.1. The summed E-state index contributed by atoms with van der Waals surface area (Å²) in [4.78, 5) is 6.92. The average Bonchev–Trinajstić information content (AvgIpc) is 3.27. The first-order valence-electron chi connectivity index (χ1n) is 9.73. The van der Waals surface area contributed by atoms with Gasteiger partial charge in [0.15, 0.2) is 5.79 Å². The second-order valence-corrected chi connectivity index (χ2v) is 8.88. The molecule has 2 aliphatic rings. The number of ether oxygens (including phenoxy) is 2. The Balaban J connectivity index is 1.41. The van der Waals surface area contributed by atoms with Crippen molar-refractivity contribution in [1.29, 1.82) is 0 Å². The summed E-state index contributed by atoms with van der Waals surface area (Å²) in [6.07, 6.45) is 3.43. The van der Waals surface area contributed by atoms with Crippen molar-refractivity contribution >= 4 is 11.3 Å². The molecule has 1 aromatic carbocycles. The van der Waals surface area contributed by atoms with Crippen molar-refractivity contribution < 1.29 is 14.6 Å². The zero-order chi connectivity index (χ0) is 19.1. The van der Waals surface area contributed by atoms with E-state index in [0.717, 1.165) is 23.2 Å². The molecular formula is C23H23NO3S. The highest BCUT2D eigenvalue weighted by molar-refractivity contribution is 7.15. The van der Waals surface area contributed by atoms with Gasteiger partial charge in [0.1, 0.15) is 0 Å². The van der Waals surface area contributed by atoms with Crippen molar-refractivity contribution in [2.45, 2.75) is 50.8 Å². The summed E-state index contributed by atoms with van der Waals surface area (Å²) in [6, 6.07) is 16.8. The first-order valence-corrected chi connectivity index (χ1v) is 10.6. The summed E-state index contributed by atoms with van der Waals surface area (Å²) < 4.78 is 12.3. The lowest BCUT2D eigenvalue weighted by molar-refractivity contribution is -0.295. The van der Waals surface area contributed by atoms with Crippen LogP contribution in [0, 0.1) is 0 Å². The SMILES string of the molecule is C[C@@H]1C[C@H](O)C[C@@]2(OCc3ccc(Cc4ccc(-c5ccccn5)s4)cc32)O1. The zero-order valence-electron chi connectivity index (χ0n) is 15.8. The number of aliphatic hydroxyl groups excluding tert-OH is 1. The molecule has 3 atom stereocenters. The Morgan fingerprint density at radius 2 is 2.14 bits per heavy atom. The van der Waals surface area contributed by atoms with Gasteiger partial charge in [-0.2, -0.15) is 0 Å². The van der Waals surface area contributed by atoms with E-state index in [9.17, 15) is 5.11 Å². The maximum atomic E-state index is 10.3. The summed E-state index contributed by atoms with van der Waals surface area (Å²) in [5.41, 5.74) is 4.48. The van der Waals surface area contributed by atoms with Crippen LogP contribution in [0.5, 0.6) is 0 Å². The van der Waals surface area contributed by atoms with E-state index in [1.54, 1.807) is 11.3 Å². The Morgan fingerprint density at radius 1 is 1.21 bits per heavy atom. The molecule has 0 saturated carbocycles. The predicted molar refractivity (Wildman–Crippen MR) is 109 cm³/mol. The fourth-order valence-electron chi connectivity index (χ4n) is 4.27. The summed E-state index contributed by atoms with van der Waals surface area (Å²) in [6.45, 7) is 2.54. The molecule has 1 fully saturated rings. The topological polar surface area (TPSA) is 51.6 Å². The van der Waals surface area contributed by atoms with Crippen LogP contribution >= 0.6 is 11.3 Å². The Labute approximate surface area is 168 Å². The molecule has 144 valence electrons. The molecule has 0 radical (unpaired) electrons. The van der Waals surface area contributed by atoms with Crippen LogP contribution in [-0.4, -0.2) is 22.3 Å². The number of thiophene rings is 1. The molecular weight excluding hydrogens is 370 g/mol. The predicted octanol–water partition coefficient (Wildman–Crippen LogP) is 4.64. The largest absolute Gasteiger partial charge is 0.393 e. The monoisotopic (exact) mass is 393 g/mol. The Morgan fingerprint density at radius 3 is 2.96 bits per heavy atom. The second-order valence-electron chi connectivity index (χ2n) is 7.71. The van der Waals surface area contributed by atoms with Gasteiger partial charge in [-0.1, -0.05) is 18.2 Å². The molecule has 1 saturated heterocycles. The summed E-state index contributed by atoms with van der Waals surface area (Å²) in [5, 5.41) is 10.3. The molecule has 2 aromatic heterocycles. The number of aliphatic hydroxyl groups is 1. The molecule has 0 unspecified atom stereocenters. The van der Waals surface area contributed by atoms with E-state index in [4.69, 9.17) is 9.47 Å². The number of hydrogen-bond acceptors (Lipinski definition) is 5. The van der Waals surface area contributed by atoms with Crippen LogP contribution in [0.1, 0.15) is 41.3 Å². The molecule has 28 heavy (non-hydrogen) atoms. The molecule has 2 aliphatic heterocycles. The van der Waals surface area contributed by atoms with Crippen molar-refractivity contribution in [3.05, 3.63) is 76.3 Å². The molecule has 0 aliphatic carbocycles. The van der Waals surface area contributed by atoms with Gasteiger partial charge in [0.25, 0.3) is 0 Å². The van der Waals surface area contributed by atoms with E-state index >= 15 is 0 Å². The Kier molecular flexibility index (Phi) is 4.56. The van der Waals surface area contributed by atoms with E-state index in [0.29, 0.717) is 19.4 Å². The lowest BCUT2D eigenvalue weighted by Gasteiger charge is -2.39. The summed E-state index contributed by atoms with van der Waals surface area (Å²) in [7, 11) is 0. The normalized spacial score (nSPS) is 26.5. The van der Waals surface area contributed by atoms with E-state index in [-0.39, 0.29) is 6.10 Å². The van der Waals surface area contributed by atoms with Gasteiger partial charge in [0, 0.05) is 29.5 Å². The second kappa shape index (κ2) is 7.08. The molecule has 0 bridgehead atoms. The number of pyridine rings is 1. The van der Waals surface area contributed by atoms with Crippen molar-refractivity contribution in [3.63, 3.8) is 0 Å². The number of rotatable bonds is 3. The van der Waals surface area contributed by atoms with Gasteiger partial charge < -0.3 is 14.6 Å². The smallest absolute Gasteiger partial charge is 0.198 e. The van der Waals surface area contributed by atoms with Crippen LogP contribution in [0.4, 0.5) is 0 Å². The average molecular weight is 394 g/mol. The lowest BCUT2D eigenvalue weighted by Crippen LogP contribution is -2.43. The molecule has 4 heterocycles. The number of nitrogens with zero attached hydrogens (tertiary/aromatic N) is 1. The standard InChI is InChI=1S/C23H23NO3S/c1-15-10-18(25)13-23(27-15)20-12-16(5-6-17(20)14-26-23)11-19-7-8-22(28-19)21-4-2-3-9-24-21/h2-9,12,15,18,25H,10-11,13-14H2,1H3/t15-,18+,23-/m1/s1. The molecule has 1 N–H and O–H groups in total. The van der Waals surface area contributed by atoms with E-state index < -0.39 is 11.9 Å². The van der Waals surface area contributed by atoms with Crippen molar-refractivity contribution in [1.82, 2.24) is 4.98 Å². The first-order chi connectivity index (χ1) is 13.6. The van der Waals surface area contributed by atoms with Gasteiger partial charge in [-0.25, -0.2) is 0 Å². The minimum Gasteiger partial charge on any atom is -0.393 e. The van der Waals surface area contributed by atoms with Crippen LogP contribution in [0.3, 0.4) is 0 Å². The van der Waals surface area contributed by atoms with Gasteiger partial charge in [0.05, 0.1) is 29.4 Å². The van der Waals surface area contributed by atoms with Crippen LogP contribution in [0.25, 0.3) is 10.6 Å². The number of benzene rings is 1. The first kappa shape index (κ1) is 18.0. The number of aromatic nitrogens is 1. The van der Waals surface area contributed by atoms with Gasteiger partial charge in [0.2, 0.25) is 0 Å². The molecule has 5 rings (SSSR count). The fourth-order valence-corrected chi connectivity index (χ4v) is 5.29. The van der Waals surface area contributed by atoms with Crippen LogP contribution < -0.4 is 0 Å². The highest BCUT2D eigenvalue weighted by Gasteiger charge is 2.47. The third-order valence-electron chi connectivity index (χ3n) is 5.50. The van der Waals surface area contributed by atoms with E-state index in [1.807, 2.05) is 31.3 Å². The maximum Gasteiger partial charge on any atom is 0.198 e. The highest BCUT2D eigenvalue weighted by Crippen LogP contribution is 2.45. The molecule has 0 amide bonds. The van der Waals surface area contributed by atoms with Crippen molar-refractivity contribution in [3.8, 4) is 10.6 Å². The maximum absolute atomic E-state index is 10.3. The minimum absolute atomic E-state index is 0.0171. The lowest BCUT2D eigenvalue weighted by atomic mass is 9.90. The quantitative estimate of drug-likeness (QED) is 0.704. The summed E-state index contributed by atoms with van der Waals surface area (Å²) >= 11 is 1.78. The number of fused-ring (bicyclic) bond motifs is 2. The van der Waals surface area contributed by atoms with Gasteiger partial charge in [-0.15, -0.1) is 11.3 Å². The molecule has 5 heteroatoms. The molecule has 3 aromatic rings. The van der Waals surface area contributed by atoms with Gasteiger partial charge in [-0.3, -0.25) is 4.98 Å². The van der Waals surface area contributed by atoms with Crippen molar-refractivity contribution in [2.75, 3.05) is 0 Å². The van der Waals surface area contributed by atoms with Crippen LogP contribution in [0.2, 0.25) is 0 Å². The van der Waals surface area contributed by atoms with E-state index in [1.165, 1.54) is 15.3 Å². The van der Waals surface area contributed by atoms with Gasteiger partial charge >= 0.3 is 0 Å². The molecule has 1 spiro atoms. The minimum atomic E-state index is -0.795. The van der Waals surface area contributed by atoms with E-state index in [2.05, 4.69) is 35.3 Å². The Bertz CT molecular complexity index is 975. The zero-order valence-corrected chi connectivity index (χ0v) is 16.6. The van der Waals surface area contributed by atoms with Gasteiger partial charge in [-0.05, 0) is 54.8 Å². The third kappa shape index (κ3) is 3.29. The number of hydrogen-bond donors (Lipinski definition) is 1. The third-order valence-corrected chi connectivity index (χ3v) is 6.61. The van der Waals surface area contributed by atoms with Crippen molar-refractivity contribution in [2.24, 2.45) is 0 Å². The summed E-state index contributed by atoms with van der Waals surface area (Å²) in [5.74, 6) is -0.795. The van der Waals surface area contributed by atoms with Crippen LogP contribution in [0.15, 0.2) is 54.7 Å². The fraction of sp³-hybridized carbons (Fsp3) is 0.348.